The summed E-state index contributed by atoms with van der Waals surface area (Å²) in [5.41, 5.74) is 7.80. The fourth-order valence-corrected chi connectivity index (χ4v) is 2.48. The summed E-state index contributed by atoms with van der Waals surface area (Å²) < 4.78 is 5.70. The summed E-state index contributed by atoms with van der Waals surface area (Å²) in [6.45, 7) is 9.65. The van der Waals surface area contributed by atoms with Gasteiger partial charge in [0.15, 0.2) is 0 Å². The standard InChI is InChI=1S/C20H30N6O/c1-5-10-27-17-9-7-8-15(11-17)13-23-18-14(3)19(24-16(6-2)12-21)26-20(22-4)25-18/h6-9,11,16H,2,5,10,12-13,21H2,1,3-4H3,(H3,22,23,24,25,26). The first-order valence-electron chi connectivity index (χ1n) is 9.22. The molecular weight excluding hydrogens is 340 g/mol. The van der Waals surface area contributed by atoms with Crippen molar-refractivity contribution in [3.8, 4) is 5.75 Å². The van der Waals surface area contributed by atoms with E-state index < -0.39 is 0 Å². The van der Waals surface area contributed by atoms with Crippen LogP contribution >= 0.6 is 0 Å². The zero-order valence-electron chi connectivity index (χ0n) is 16.4. The van der Waals surface area contributed by atoms with Crippen LogP contribution in [0.25, 0.3) is 0 Å². The summed E-state index contributed by atoms with van der Waals surface area (Å²) in [5.74, 6) is 2.90. The summed E-state index contributed by atoms with van der Waals surface area (Å²) in [4.78, 5) is 9.03. The highest BCUT2D eigenvalue weighted by molar-refractivity contribution is 5.61. The van der Waals surface area contributed by atoms with Gasteiger partial charge in [0.05, 0.1) is 12.6 Å². The largest absolute Gasteiger partial charge is 0.494 e. The fourth-order valence-electron chi connectivity index (χ4n) is 2.48. The first-order valence-corrected chi connectivity index (χ1v) is 9.22. The van der Waals surface area contributed by atoms with E-state index in [4.69, 9.17) is 10.5 Å². The van der Waals surface area contributed by atoms with Crippen LogP contribution in [0.2, 0.25) is 0 Å². The number of nitrogens with zero attached hydrogens (tertiary/aromatic N) is 2. The molecule has 0 saturated heterocycles. The first-order chi connectivity index (χ1) is 13.1. The highest BCUT2D eigenvalue weighted by Gasteiger charge is 2.13. The molecule has 27 heavy (non-hydrogen) atoms. The Labute approximate surface area is 161 Å². The van der Waals surface area contributed by atoms with E-state index in [0.717, 1.165) is 34.9 Å². The van der Waals surface area contributed by atoms with Crippen LogP contribution in [-0.4, -0.2) is 36.2 Å². The molecule has 7 nitrogen and oxygen atoms in total. The zero-order valence-corrected chi connectivity index (χ0v) is 16.4. The number of hydrogen-bond donors (Lipinski definition) is 4. The average Bonchev–Trinajstić information content (AvgIpc) is 2.70. The third-order valence-corrected chi connectivity index (χ3v) is 4.06. The average molecular weight is 371 g/mol. The molecule has 7 heteroatoms. The van der Waals surface area contributed by atoms with Crippen LogP contribution in [0, 0.1) is 6.92 Å². The van der Waals surface area contributed by atoms with Gasteiger partial charge in [-0.05, 0) is 31.0 Å². The van der Waals surface area contributed by atoms with Crippen molar-refractivity contribution in [1.82, 2.24) is 9.97 Å². The maximum atomic E-state index is 5.75. The van der Waals surface area contributed by atoms with Crippen molar-refractivity contribution in [2.45, 2.75) is 32.9 Å². The molecule has 0 radical (unpaired) electrons. The zero-order chi connectivity index (χ0) is 19.6. The number of aromatic nitrogens is 2. The summed E-state index contributed by atoms with van der Waals surface area (Å²) in [6.07, 6.45) is 2.76. The summed E-state index contributed by atoms with van der Waals surface area (Å²) >= 11 is 0. The van der Waals surface area contributed by atoms with Crippen LogP contribution < -0.4 is 26.4 Å². The van der Waals surface area contributed by atoms with Crippen LogP contribution in [-0.2, 0) is 6.54 Å². The Kier molecular flexibility index (Phi) is 7.88. The minimum atomic E-state index is -0.0523. The molecule has 2 aromatic rings. The molecule has 1 heterocycles. The number of hydrogen-bond acceptors (Lipinski definition) is 7. The predicted octanol–water partition coefficient (Wildman–Crippen LogP) is 3.15. The topological polar surface area (TPSA) is 97.1 Å². The molecule has 0 saturated carbocycles. The van der Waals surface area contributed by atoms with Crippen molar-refractivity contribution in [3.05, 3.63) is 48.0 Å². The summed E-state index contributed by atoms with van der Waals surface area (Å²) in [6, 6.07) is 8.01. The molecule has 0 bridgehead atoms. The number of nitrogens with two attached hydrogens (primary N) is 1. The van der Waals surface area contributed by atoms with Gasteiger partial charge in [-0.15, -0.1) is 6.58 Å². The molecule has 0 aliphatic rings. The van der Waals surface area contributed by atoms with Crippen LogP contribution in [0.1, 0.15) is 24.5 Å². The van der Waals surface area contributed by atoms with E-state index in [-0.39, 0.29) is 6.04 Å². The highest BCUT2D eigenvalue weighted by Crippen LogP contribution is 2.23. The Morgan fingerprint density at radius 1 is 1.30 bits per heavy atom. The second-order valence-electron chi connectivity index (χ2n) is 6.19. The lowest BCUT2D eigenvalue weighted by Crippen LogP contribution is -2.27. The molecule has 2 rings (SSSR count). The third-order valence-electron chi connectivity index (χ3n) is 4.06. The lowest BCUT2D eigenvalue weighted by molar-refractivity contribution is 0.317. The molecule has 1 unspecified atom stereocenters. The van der Waals surface area contributed by atoms with Gasteiger partial charge in [0.25, 0.3) is 0 Å². The highest BCUT2D eigenvalue weighted by atomic mass is 16.5. The van der Waals surface area contributed by atoms with Gasteiger partial charge in [-0.25, -0.2) is 0 Å². The minimum absolute atomic E-state index is 0.0523. The molecule has 1 atom stereocenters. The van der Waals surface area contributed by atoms with Gasteiger partial charge < -0.3 is 26.4 Å². The number of ether oxygens (including phenoxy) is 1. The smallest absolute Gasteiger partial charge is 0.226 e. The van der Waals surface area contributed by atoms with Gasteiger partial charge in [-0.3, -0.25) is 0 Å². The number of rotatable bonds is 11. The van der Waals surface area contributed by atoms with Gasteiger partial charge in [-0.2, -0.15) is 9.97 Å². The SMILES string of the molecule is C=CC(CN)Nc1nc(NC)nc(NCc2cccc(OCCC)c2)c1C. The van der Waals surface area contributed by atoms with Gasteiger partial charge in [0.1, 0.15) is 17.4 Å². The van der Waals surface area contributed by atoms with Crippen LogP contribution in [0.15, 0.2) is 36.9 Å². The molecule has 146 valence electrons. The number of nitrogens with one attached hydrogen (secondary N) is 3. The Balaban J connectivity index is 2.16. The first kappa shape index (κ1) is 20.5. The maximum absolute atomic E-state index is 5.75. The van der Waals surface area contributed by atoms with E-state index in [1.807, 2.05) is 25.1 Å². The van der Waals surface area contributed by atoms with Gasteiger partial charge in [0.2, 0.25) is 5.95 Å². The van der Waals surface area contributed by atoms with Crippen molar-refractivity contribution in [2.75, 3.05) is 36.1 Å². The Morgan fingerprint density at radius 3 is 2.74 bits per heavy atom. The quantitative estimate of drug-likeness (QED) is 0.451. The van der Waals surface area contributed by atoms with Gasteiger partial charge in [-0.1, -0.05) is 25.1 Å². The fraction of sp³-hybridized carbons (Fsp3) is 0.400. The van der Waals surface area contributed by atoms with Crippen molar-refractivity contribution < 1.29 is 4.74 Å². The number of anilines is 3. The molecular formula is C20H30N6O. The molecule has 1 aromatic heterocycles. The van der Waals surface area contributed by atoms with Crippen molar-refractivity contribution >= 4 is 17.6 Å². The van der Waals surface area contributed by atoms with Crippen LogP contribution in [0.3, 0.4) is 0 Å². The van der Waals surface area contributed by atoms with E-state index in [2.05, 4.69) is 45.5 Å². The van der Waals surface area contributed by atoms with E-state index in [0.29, 0.717) is 25.6 Å². The van der Waals surface area contributed by atoms with E-state index in [9.17, 15) is 0 Å². The molecule has 0 aliphatic heterocycles. The Morgan fingerprint density at radius 2 is 2.07 bits per heavy atom. The predicted molar refractivity (Wildman–Crippen MR) is 113 cm³/mol. The van der Waals surface area contributed by atoms with E-state index >= 15 is 0 Å². The second-order valence-corrected chi connectivity index (χ2v) is 6.19. The lowest BCUT2D eigenvalue weighted by atomic mass is 10.2. The van der Waals surface area contributed by atoms with E-state index in [1.165, 1.54) is 0 Å². The van der Waals surface area contributed by atoms with Crippen LogP contribution in [0.5, 0.6) is 5.75 Å². The van der Waals surface area contributed by atoms with Crippen LogP contribution in [0.4, 0.5) is 17.6 Å². The minimum Gasteiger partial charge on any atom is -0.494 e. The molecule has 5 N–H and O–H groups in total. The molecule has 0 spiro atoms. The van der Waals surface area contributed by atoms with Crippen molar-refractivity contribution in [2.24, 2.45) is 5.73 Å². The van der Waals surface area contributed by atoms with Crippen molar-refractivity contribution in [1.29, 1.82) is 0 Å². The van der Waals surface area contributed by atoms with Gasteiger partial charge >= 0.3 is 0 Å². The lowest BCUT2D eigenvalue weighted by Gasteiger charge is -2.18. The normalized spacial score (nSPS) is 11.6. The molecule has 0 amide bonds. The Bertz CT molecular complexity index is 749. The molecule has 0 aliphatic carbocycles. The van der Waals surface area contributed by atoms with E-state index in [1.54, 1.807) is 13.1 Å². The number of benzene rings is 1. The summed E-state index contributed by atoms with van der Waals surface area (Å²) in [7, 11) is 1.79. The second kappa shape index (κ2) is 10.4. The van der Waals surface area contributed by atoms with Crippen molar-refractivity contribution in [3.63, 3.8) is 0 Å². The monoisotopic (exact) mass is 370 g/mol. The summed E-state index contributed by atoms with van der Waals surface area (Å²) in [5, 5.41) is 9.69. The maximum Gasteiger partial charge on any atom is 0.226 e. The Hall–Kier alpha value is -2.80. The van der Waals surface area contributed by atoms with Gasteiger partial charge in [0, 0.05) is 25.7 Å². The molecule has 1 aromatic carbocycles. The third kappa shape index (κ3) is 5.86. The molecule has 0 fully saturated rings.